The Morgan fingerprint density at radius 2 is 2.35 bits per heavy atom. The van der Waals surface area contributed by atoms with Gasteiger partial charge < -0.3 is 10.4 Å². The van der Waals surface area contributed by atoms with E-state index in [1.807, 2.05) is 31.4 Å². The number of carbonyl (C=O) groups is 1. The van der Waals surface area contributed by atoms with E-state index in [4.69, 9.17) is 0 Å². The predicted molar refractivity (Wildman–Crippen MR) is 81.8 cm³/mol. The van der Waals surface area contributed by atoms with Crippen molar-refractivity contribution in [1.29, 1.82) is 0 Å². The van der Waals surface area contributed by atoms with Crippen LogP contribution in [0.4, 0.5) is 0 Å². The highest BCUT2D eigenvalue weighted by molar-refractivity contribution is 7.10. The van der Waals surface area contributed by atoms with Crippen LogP contribution < -0.4 is 5.32 Å². The summed E-state index contributed by atoms with van der Waals surface area (Å²) in [6.45, 7) is 5.10. The molecule has 0 aromatic carbocycles. The molecule has 0 aliphatic carbocycles. The van der Waals surface area contributed by atoms with Gasteiger partial charge in [0.1, 0.15) is 0 Å². The van der Waals surface area contributed by atoms with Crippen molar-refractivity contribution in [3.05, 3.63) is 22.4 Å². The molecule has 1 fully saturated rings. The summed E-state index contributed by atoms with van der Waals surface area (Å²) in [5, 5.41) is 14.9. The molecule has 1 saturated heterocycles. The summed E-state index contributed by atoms with van der Waals surface area (Å²) in [5.74, 6) is 0.0402. The number of hydrogen-bond donors (Lipinski definition) is 2. The van der Waals surface area contributed by atoms with Crippen LogP contribution in [0, 0.1) is 0 Å². The van der Waals surface area contributed by atoms with Gasteiger partial charge in [0.2, 0.25) is 5.91 Å². The number of carbonyl (C=O) groups excluding carboxylic acids is 1. The lowest BCUT2D eigenvalue weighted by atomic mass is 9.98. The number of aliphatic hydroxyl groups is 1. The van der Waals surface area contributed by atoms with Gasteiger partial charge in [-0.15, -0.1) is 11.3 Å². The van der Waals surface area contributed by atoms with Gasteiger partial charge in [-0.1, -0.05) is 12.5 Å². The number of aliphatic hydroxyl groups excluding tert-OH is 1. The fraction of sp³-hybridized carbons (Fsp3) is 0.667. The largest absolute Gasteiger partial charge is 0.392 e. The number of rotatable bonds is 5. The van der Waals surface area contributed by atoms with Crippen molar-refractivity contribution >= 4 is 17.2 Å². The highest BCUT2D eigenvalue weighted by Gasteiger charge is 2.27. The number of nitrogens with one attached hydrogen (secondary N) is 1. The molecule has 20 heavy (non-hydrogen) atoms. The van der Waals surface area contributed by atoms with Crippen LogP contribution in [0.25, 0.3) is 0 Å². The molecule has 112 valence electrons. The maximum absolute atomic E-state index is 12.2. The molecule has 1 aromatic rings. The molecule has 3 unspecified atom stereocenters. The Labute approximate surface area is 124 Å². The van der Waals surface area contributed by atoms with Gasteiger partial charge in [-0.25, -0.2) is 0 Å². The van der Waals surface area contributed by atoms with Crippen molar-refractivity contribution in [3.63, 3.8) is 0 Å². The lowest BCUT2D eigenvalue weighted by Crippen LogP contribution is -2.50. The number of piperidine rings is 1. The van der Waals surface area contributed by atoms with Crippen molar-refractivity contribution in [2.75, 3.05) is 13.1 Å². The standard InChI is InChI=1S/C15H24N2O2S/c1-11(14-7-5-9-20-14)16-15(19)10-17-8-4-3-6-13(17)12(2)18/h5,7,9,11-13,18H,3-4,6,8,10H2,1-2H3,(H,16,19). The zero-order chi connectivity index (χ0) is 14.5. The molecule has 5 heteroatoms. The SMILES string of the molecule is CC(NC(=O)CN1CCCCC1C(C)O)c1cccs1. The van der Waals surface area contributed by atoms with E-state index in [1.54, 1.807) is 11.3 Å². The fourth-order valence-corrected chi connectivity index (χ4v) is 3.57. The van der Waals surface area contributed by atoms with Crippen molar-refractivity contribution in [1.82, 2.24) is 10.2 Å². The summed E-state index contributed by atoms with van der Waals surface area (Å²) in [6, 6.07) is 4.20. The highest BCUT2D eigenvalue weighted by atomic mass is 32.1. The first-order valence-corrected chi connectivity index (χ1v) is 8.20. The molecule has 1 amide bonds. The van der Waals surface area contributed by atoms with Gasteiger partial charge in [0.25, 0.3) is 0 Å². The van der Waals surface area contributed by atoms with E-state index in [0.717, 1.165) is 25.8 Å². The Kier molecular flexibility index (Phi) is 5.57. The Morgan fingerprint density at radius 3 is 3.00 bits per heavy atom. The molecule has 0 spiro atoms. The molecule has 0 radical (unpaired) electrons. The van der Waals surface area contributed by atoms with Gasteiger partial charge in [-0.3, -0.25) is 9.69 Å². The van der Waals surface area contributed by atoms with E-state index < -0.39 is 0 Å². The monoisotopic (exact) mass is 296 g/mol. The number of nitrogens with zero attached hydrogens (tertiary/aromatic N) is 1. The average Bonchev–Trinajstić information content (AvgIpc) is 2.92. The van der Waals surface area contributed by atoms with Gasteiger partial charge in [0, 0.05) is 10.9 Å². The summed E-state index contributed by atoms with van der Waals surface area (Å²) in [5.41, 5.74) is 0. The van der Waals surface area contributed by atoms with Crippen molar-refractivity contribution in [2.24, 2.45) is 0 Å². The lowest BCUT2D eigenvalue weighted by molar-refractivity contribution is -0.124. The van der Waals surface area contributed by atoms with E-state index in [0.29, 0.717) is 6.54 Å². The average molecular weight is 296 g/mol. The summed E-state index contributed by atoms with van der Waals surface area (Å²) in [4.78, 5) is 15.4. The number of hydrogen-bond acceptors (Lipinski definition) is 4. The van der Waals surface area contributed by atoms with Gasteiger partial charge in [0.05, 0.1) is 18.7 Å². The zero-order valence-electron chi connectivity index (χ0n) is 12.2. The van der Waals surface area contributed by atoms with E-state index in [2.05, 4.69) is 10.2 Å². The molecule has 3 atom stereocenters. The second-order valence-electron chi connectivity index (χ2n) is 5.58. The van der Waals surface area contributed by atoms with Gasteiger partial charge in [-0.05, 0) is 44.7 Å². The topological polar surface area (TPSA) is 52.6 Å². The summed E-state index contributed by atoms with van der Waals surface area (Å²) in [7, 11) is 0. The Hall–Kier alpha value is -0.910. The van der Waals surface area contributed by atoms with E-state index in [9.17, 15) is 9.90 Å². The van der Waals surface area contributed by atoms with E-state index in [-0.39, 0.29) is 24.1 Å². The van der Waals surface area contributed by atoms with Crippen molar-refractivity contribution < 1.29 is 9.90 Å². The first-order chi connectivity index (χ1) is 9.58. The van der Waals surface area contributed by atoms with Crippen LogP contribution in [-0.4, -0.2) is 41.1 Å². The Bertz CT molecular complexity index is 420. The molecule has 1 aliphatic rings. The smallest absolute Gasteiger partial charge is 0.234 e. The second-order valence-corrected chi connectivity index (χ2v) is 6.56. The minimum Gasteiger partial charge on any atom is -0.392 e. The van der Waals surface area contributed by atoms with Gasteiger partial charge in [0.15, 0.2) is 0 Å². The Morgan fingerprint density at radius 1 is 1.55 bits per heavy atom. The maximum Gasteiger partial charge on any atom is 0.234 e. The molecule has 2 rings (SSSR count). The number of amides is 1. The van der Waals surface area contributed by atoms with Crippen LogP contribution in [0.5, 0.6) is 0 Å². The zero-order valence-corrected chi connectivity index (χ0v) is 13.0. The quantitative estimate of drug-likeness (QED) is 0.875. The molecule has 2 N–H and O–H groups in total. The maximum atomic E-state index is 12.2. The first-order valence-electron chi connectivity index (χ1n) is 7.33. The Balaban J connectivity index is 1.86. The normalized spacial score (nSPS) is 23.2. The van der Waals surface area contributed by atoms with Crippen LogP contribution in [0.15, 0.2) is 17.5 Å². The van der Waals surface area contributed by atoms with Crippen LogP contribution in [0.2, 0.25) is 0 Å². The molecule has 1 aliphatic heterocycles. The lowest BCUT2D eigenvalue weighted by Gasteiger charge is -2.37. The molecule has 1 aromatic heterocycles. The van der Waals surface area contributed by atoms with Crippen LogP contribution in [0.3, 0.4) is 0 Å². The molecule has 4 nitrogen and oxygen atoms in total. The first kappa shape index (κ1) is 15.5. The predicted octanol–water partition coefficient (Wildman–Crippen LogP) is 2.16. The minimum absolute atomic E-state index is 0.0402. The molecule has 2 heterocycles. The number of likely N-dealkylation sites (tertiary alicyclic amines) is 1. The summed E-state index contributed by atoms with van der Waals surface area (Å²) >= 11 is 1.66. The second kappa shape index (κ2) is 7.20. The van der Waals surface area contributed by atoms with Crippen molar-refractivity contribution in [2.45, 2.75) is 51.3 Å². The highest BCUT2D eigenvalue weighted by Crippen LogP contribution is 2.20. The van der Waals surface area contributed by atoms with Crippen LogP contribution in [0.1, 0.15) is 44.0 Å². The molecule has 0 bridgehead atoms. The third-order valence-corrected chi connectivity index (χ3v) is 4.97. The third-order valence-electron chi connectivity index (χ3n) is 3.92. The van der Waals surface area contributed by atoms with Gasteiger partial charge in [-0.2, -0.15) is 0 Å². The van der Waals surface area contributed by atoms with Crippen molar-refractivity contribution in [3.8, 4) is 0 Å². The molecule has 0 saturated carbocycles. The summed E-state index contributed by atoms with van der Waals surface area (Å²) < 4.78 is 0. The summed E-state index contributed by atoms with van der Waals surface area (Å²) in [6.07, 6.45) is 2.85. The van der Waals surface area contributed by atoms with Gasteiger partial charge >= 0.3 is 0 Å². The fourth-order valence-electron chi connectivity index (χ4n) is 2.84. The van der Waals surface area contributed by atoms with Crippen LogP contribution >= 0.6 is 11.3 Å². The van der Waals surface area contributed by atoms with E-state index >= 15 is 0 Å². The van der Waals surface area contributed by atoms with E-state index in [1.165, 1.54) is 4.88 Å². The third kappa shape index (κ3) is 4.04. The number of thiophene rings is 1. The minimum atomic E-state index is -0.377. The molecular formula is C15H24N2O2S. The van der Waals surface area contributed by atoms with Crippen LogP contribution in [-0.2, 0) is 4.79 Å². The molecular weight excluding hydrogens is 272 g/mol.